The number of amides is 1. The molecular formula is C22H24FN3O2. The zero-order chi connectivity index (χ0) is 19.5. The highest BCUT2D eigenvalue weighted by atomic mass is 19.1. The molecule has 0 aromatic heterocycles. The van der Waals surface area contributed by atoms with Gasteiger partial charge in [-0.2, -0.15) is 5.10 Å². The van der Waals surface area contributed by atoms with E-state index in [0.717, 1.165) is 48.5 Å². The Labute approximate surface area is 164 Å². The van der Waals surface area contributed by atoms with Crippen LogP contribution in [0.4, 0.5) is 4.39 Å². The number of hydrazone groups is 1. The van der Waals surface area contributed by atoms with Gasteiger partial charge in [-0.1, -0.05) is 24.3 Å². The molecule has 2 aliphatic rings. The Morgan fingerprint density at radius 1 is 1.18 bits per heavy atom. The van der Waals surface area contributed by atoms with Gasteiger partial charge in [0.25, 0.3) is 5.91 Å². The maximum absolute atomic E-state index is 13.7. The van der Waals surface area contributed by atoms with Crippen LogP contribution in [0.25, 0.3) is 0 Å². The van der Waals surface area contributed by atoms with Crippen LogP contribution in [0.15, 0.2) is 53.6 Å². The van der Waals surface area contributed by atoms with Gasteiger partial charge in [0.15, 0.2) is 0 Å². The Balaban J connectivity index is 1.62. The standard InChI is InChI=1S/C22H24FN3O2/c1-28-19-9-7-16(8-10-19)21-14-20(17-5-4-6-18(23)13-17)24-26(21)22(27)15-25-11-2-3-12-25/h4-10,13,21H,2-3,11-12,14-15H2,1H3. The van der Waals surface area contributed by atoms with E-state index in [-0.39, 0.29) is 17.8 Å². The fourth-order valence-electron chi connectivity index (χ4n) is 3.87. The summed E-state index contributed by atoms with van der Waals surface area (Å²) in [6, 6.07) is 13.9. The highest BCUT2D eigenvalue weighted by Gasteiger charge is 2.34. The monoisotopic (exact) mass is 381 g/mol. The normalized spacial score (nSPS) is 19.7. The van der Waals surface area contributed by atoms with Crippen molar-refractivity contribution in [1.29, 1.82) is 0 Å². The summed E-state index contributed by atoms with van der Waals surface area (Å²) in [4.78, 5) is 15.2. The van der Waals surface area contributed by atoms with Crippen LogP contribution in [0, 0.1) is 5.82 Å². The van der Waals surface area contributed by atoms with Gasteiger partial charge in [-0.25, -0.2) is 9.40 Å². The smallest absolute Gasteiger partial charge is 0.257 e. The molecule has 5 nitrogen and oxygen atoms in total. The third-order valence-electron chi connectivity index (χ3n) is 5.38. The number of methoxy groups -OCH3 is 1. The van der Waals surface area contributed by atoms with Crippen LogP contribution in [-0.2, 0) is 4.79 Å². The molecule has 1 unspecified atom stereocenters. The van der Waals surface area contributed by atoms with Crippen LogP contribution in [0.2, 0.25) is 0 Å². The number of ether oxygens (including phenoxy) is 1. The average molecular weight is 381 g/mol. The van der Waals surface area contributed by atoms with Gasteiger partial charge in [-0.15, -0.1) is 0 Å². The zero-order valence-electron chi connectivity index (χ0n) is 16.0. The van der Waals surface area contributed by atoms with Gasteiger partial charge in [0, 0.05) is 12.0 Å². The molecule has 2 aliphatic heterocycles. The number of rotatable bonds is 5. The topological polar surface area (TPSA) is 45.1 Å². The molecule has 0 saturated carbocycles. The van der Waals surface area contributed by atoms with Crippen LogP contribution >= 0.6 is 0 Å². The lowest BCUT2D eigenvalue weighted by molar-refractivity contribution is -0.134. The Kier molecular flexibility index (Phi) is 5.39. The minimum Gasteiger partial charge on any atom is -0.497 e. The first kappa shape index (κ1) is 18.6. The molecule has 1 saturated heterocycles. The average Bonchev–Trinajstić information content (AvgIpc) is 3.38. The van der Waals surface area contributed by atoms with E-state index in [4.69, 9.17) is 4.74 Å². The largest absolute Gasteiger partial charge is 0.497 e. The summed E-state index contributed by atoms with van der Waals surface area (Å²) in [7, 11) is 1.63. The fourth-order valence-corrected chi connectivity index (χ4v) is 3.87. The summed E-state index contributed by atoms with van der Waals surface area (Å²) < 4.78 is 18.9. The quantitative estimate of drug-likeness (QED) is 0.795. The minimum atomic E-state index is -0.303. The molecule has 2 aromatic rings. The van der Waals surface area contributed by atoms with Crippen molar-refractivity contribution >= 4 is 11.6 Å². The van der Waals surface area contributed by atoms with E-state index >= 15 is 0 Å². The van der Waals surface area contributed by atoms with Gasteiger partial charge in [-0.3, -0.25) is 9.69 Å². The third kappa shape index (κ3) is 3.92. The molecule has 0 aliphatic carbocycles. The zero-order valence-corrected chi connectivity index (χ0v) is 16.0. The van der Waals surface area contributed by atoms with Crippen molar-refractivity contribution in [3.63, 3.8) is 0 Å². The van der Waals surface area contributed by atoms with Crippen LogP contribution in [0.1, 0.15) is 36.4 Å². The molecule has 0 bridgehead atoms. The number of hydrogen-bond donors (Lipinski definition) is 0. The third-order valence-corrected chi connectivity index (χ3v) is 5.38. The van der Waals surface area contributed by atoms with E-state index in [1.54, 1.807) is 18.2 Å². The number of benzene rings is 2. The molecule has 28 heavy (non-hydrogen) atoms. The second kappa shape index (κ2) is 8.10. The number of nitrogens with zero attached hydrogens (tertiary/aromatic N) is 3. The molecule has 0 radical (unpaired) electrons. The molecule has 0 spiro atoms. The van der Waals surface area contributed by atoms with Crippen molar-refractivity contribution in [2.24, 2.45) is 5.10 Å². The summed E-state index contributed by atoms with van der Waals surface area (Å²) in [5.74, 6) is 0.445. The second-order valence-corrected chi connectivity index (χ2v) is 7.27. The highest BCUT2D eigenvalue weighted by Crippen LogP contribution is 2.34. The number of carbonyl (C=O) groups excluding carboxylic acids is 1. The van der Waals surface area contributed by atoms with Crippen LogP contribution < -0.4 is 4.74 Å². The fraction of sp³-hybridized carbons (Fsp3) is 0.364. The summed E-state index contributed by atoms with van der Waals surface area (Å²) in [6.45, 7) is 2.27. The van der Waals surface area contributed by atoms with Crippen LogP contribution in [0.5, 0.6) is 5.75 Å². The van der Waals surface area contributed by atoms with Gasteiger partial charge in [-0.05, 0) is 55.8 Å². The van der Waals surface area contributed by atoms with Crippen LogP contribution in [-0.4, -0.2) is 48.3 Å². The molecule has 1 fully saturated rings. The van der Waals surface area contributed by atoms with E-state index in [9.17, 15) is 9.18 Å². The van der Waals surface area contributed by atoms with Crippen molar-refractivity contribution in [3.8, 4) is 5.75 Å². The molecule has 2 aromatic carbocycles. The SMILES string of the molecule is COc1ccc(C2CC(c3cccc(F)c3)=NN2C(=O)CN2CCCC2)cc1. The van der Waals surface area contributed by atoms with Crippen LogP contribution in [0.3, 0.4) is 0 Å². The van der Waals surface area contributed by atoms with E-state index in [0.29, 0.717) is 13.0 Å². The number of likely N-dealkylation sites (tertiary alicyclic amines) is 1. The molecule has 4 rings (SSSR count). The molecule has 6 heteroatoms. The number of halogens is 1. The Morgan fingerprint density at radius 3 is 2.61 bits per heavy atom. The van der Waals surface area contributed by atoms with Gasteiger partial charge >= 0.3 is 0 Å². The second-order valence-electron chi connectivity index (χ2n) is 7.27. The van der Waals surface area contributed by atoms with Gasteiger partial charge < -0.3 is 4.74 Å². The van der Waals surface area contributed by atoms with E-state index < -0.39 is 0 Å². The molecule has 1 amide bonds. The molecule has 2 heterocycles. The summed E-state index contributed by atoms with van der Waals surface area (Å²) >= 11 is 0. The molecule has 0 N–H and O–H groups in total. The number of hydrogen-bond acceptors (Lipinski definition) is 4. The Morgan fingerprint density at radius 2 is 1.93 bits per heavy atom. The van der Waals surface area contributed by atoms with E-state index in [1.165, 1.54) is 12.1 Å². The Bertz CT molecular complexity index is 876. The van der Waals surface area contributed by atoms with Gasteiger partial charge in [0.2, 0.25) is 0 Å². The lowest BCUT2D eigenvalue weighted by Crippen LogP contribution is -2.36. The first-order valence-corrected chi connectivity index (χ1v) is 9.66. The lowest BCUT2D eigenvalue weighted by atomic mass is 9.98. The summed E-state index contributed by atoms with van der Waals surface area (Å²) in [5.41, 5.74) is 2.44. The van der Waals surface area contributed by atoms with Crippen molar-refractivity contribution in [1.82, 2.24) is 9.91 Å². The number of carbonyl (C=O) groups is 1. The maximum atomic E-state index is 13.7. The lowest BCUT2D eigenvalue weighted by Gasteiger charge is -2.24. The summed E-state index contributed by atoms with van der Waals surface area (Å²) in [5, 5.41) is 6.20. The highest BCUT2D eigenvalue weighted by molar-refractivity contribution is 6.03. The Hall–Kier alpha value is -2.73. The van der Waals surface area contributed by atoms with Crippen molar-refractivity contribution in [2.75, 3.05) is 26.7 Å². The van der Waals surface area contributed by atoms with E-state index in [1.807, 2.05) is 30.3 Å². The first-order chi connectivity index (χ1) is 13.6. The van der Waals surface area contributed by atoms with E-state index in [2.05, 4.69) is 10.0 Å². The summed E-state index contributed by atoms with van der Waals surface area (Å²) in [6.07, 6.45) is 2.82. The first-order valence-electron chi connectivity index (χ1n) is 9.66. The molecule has 146 valence electrons. The van der Waals surface area contributed by atoms with Gasteiger partial charge in [0.1, 0.15) is 11.6 Å². The molecule has 1 atom stereocenters. The van der Waals surface area contributed by atoms with Gasteiger partial charge in [0.05, 0.1) is 25.4 Å². The minimum absolute atomic E-state index is 0.0193. The van der Waals surface area contributed by atoms with Crippen molar-refractivity contribution in [3.05, 3.63) is 65.5 Å². The predicted molar refractivity (Wildman–Crippen MR) is 106 cm³/mol. The maximum Gasteiger partial charge on any atom is 0.257 e. The predicted octanol–water partition coefficient (Wildman–Crippen LogP) is 3.61. The van der Waals surface area contributed by atoms with Crippen molar-refractivity contribution in [2.45, 2.75) is 25.3 Å². The molecular weight excluding hydrogens is 357 g/mol. The van der Waals surface area contributed by atoms with Crippen molar-refractivity contribution < 1.29 is 13.9 Å².